The van der Waals surface area contributed by atoms with E-state index in [-0.39, 0.29) is 5.03 Å². The van der Waals surface area contributed by atoms with Crippen molar-refractivity contribution in [3.8, 4) is 0 Å². The molecule has 3 N–H and O–H groups in total. The van der Waals surface area contributed by atoms with Gasteiger partial charge in [-0.2, -0.15) is 39.7 Å². The van der Waals surface area contributed by atoms with Crippen LogP contribution in [0.2, 0.25) is 5.02 Å². The number of benzene rings is 2. The highest BCUT2D eigenvalue weighted by molar-refractivity contribution is 7.92. The van der Waals surface area contributed by atoms with Crippen LogP contribution in [0.5, 0.6) is 0 Å². The number of hydrogen-bond donors (Lipinski definition) is 3. The molecule has 0 radical (unpaired) electrons. The van der Waals surface area contributed by atoms with Gasteiger partial charge in [0.2, 0.25) is 5.95 Å². The number of carbonyl (C=O) groups is 2. The lowest BCUT2D eigenvalue weighted by Gasteiger charge is -2.15. The molecule has 11 nitrogen and oxygen atoms in total. The average Bonchev–Trinajstić information content (AvgIpc) is 3.32. The van der Waals surface area contributed by atoms with Gasteiger partial charge < -0.3 is 15.2 Å². The van der Waals surface area contributed by atoms with E-state index in [9.17, 15) is 44.3 Å². The molecule has 3 heterocycles. The van der Waals surface area contributed by atoms with Gasteiger partial charge in [0.25, 0.3) is 10.0 Å². The Bertz CT molecular complexity index is 1870. The Kier molecular flexibility index (Phi) is 9.62. The van der Waals surface area contributed by atoms with Crippen LogP contribution >= 0.6 is 11.6 Å². The number of sulfonamides is 1. The number of halogens is 7. The summed E-state index contributed by atoms with van der Waals surface area (Å²) in [4.78, 5) is 32.1. The molecule has 5 rings (SSSR count). The Morgan fingerprint density at radius 2 is 1.59 bits per heavy atom. The van der Waals surface area contributed by atoms with Gasteiger partial charge in [-0.05, 0) is 61.2 Å². The highest BCUT2D eigenvalue weighted by atomic mass is 35.5. The lowest BCUT2D eigenvalue weighted by atomic mass is 10.0. The number of ketones is 2. The van der Waals surface area contributed by atoms with Crippen molar-refractivity contribution in [1.29, 1.82) is 0 Å². The lowest BCUT2D eigenvalue weighted by Crippen LogP contribution is -2.39. The quantitative estimate of drug-likeness (QED) is 0.178. The van der Waals surface area contributed by atoms with Gasteiger partial charge in [0.1, 0.15) is 10.8 Å². The van der Waals surface area contributed by atoms with Crippen LogP contribution in [0.1, 0.15) is 17.0 Å². The summed E-state index contributed by atoms with van der Waals surface area (Å²) < 4.78 is 97.4. The van der Waals surface area contributed by atoms with Gasteiger partial charge in [-0.25, -0.2) is 9.97 Å². The molecule has 0 saturated heterocycles. The molecular formula is C27H22ClF6N7O4S. The second kappa shape index (κ2) is 13.0. The molecule has 0 amide bonds. The van der Waals surface area contributed by atoms with E-state index in [1.54, 1.807) is 30.7 Å². The van der Waals surface area contributed by atoms with Gasteiger partial charge in [0.05, 0.1) is 11.9 Å². The molecule has 244 valence electrons. The molecule has 2 aromatic carbocycles. The molecule has 2 aromatic heterocycles. The van der Waals surface area contributed by atoms with Crippen molar-refractivity contribution >= 4 is 62.0 Å². The first-order valence-corrected chi connectivity index (χ1v) is 14.7. The lowest BCUT2D eigenvalue weighted by molar-refractivity contribution is -0.193. The standard InChI is InChI=1S/C23H22ClN7O2S.C4F6O2/c1-14-26-21(13-31(14)2)34(32,33)30-20-9-8-18-11-16(20)7-6-15-4-3-5-17(10-15)28-23-25-12-19(24)22(27-18)29-23;5-3(6,7)1(11)2(12)4(8,9)10/h3-5,8-13,30H,6-7H2,1-2H3,(H2,25,27,28,29);. The second-order valence-electron chi connectivity index (χ2n) is 9.71. The van der Waals surface area contributed by atoms with E-state index in [4.69, 9.17) is 11.6 Å². The van der Waals surface area contributed by atoms with Crippen molar-refractivity contribution in [3.63, 3.8) is 0 Å². The summed E-state index contributed by atoms with van der Waals surface area (Å²) in [5.41, 5.74) is 3.98. The van der Waals surface area contributed by atoms with E-state index in [0.29, 0.717) is 41.1 Å². The highest BCUT2D eigenvalue weighted by Crippen LogP contribution is 2.30. The Hall–Kier alpha value is -4.71. The Morgan fingerprint density at radius 1 is 0.935 bits per heavy atom. The predicted octanol–water partition coefficient (Wildman–Crippen LogP) is 5.81. The number of nitrogens with zero attached hydrogens (tertiary/aromatic N) is 4. The zero-order chi connectivity index (χ0) is 34.0. The van der Waals surface area contributed by atoms with Crippen LogP contribution in [0.4, 0.5) is 55.2 Å². The smallest absolute Gasteiger partial charge is 0.339 e. The number of fused-ring (bicyclic) bond motifs is 6. The summed E-state index contributed by atoms with van der Waals surface area (Å²) in [6.07, 6.45) is -7.21. The van der Waals surface area contributed by atoms with E-state index in [1.165, 1.54) is 12.4 Å². The summed E-state index contributed by atoms with van der Waals surface area (Å²) in [5.74, 6) is -5.35. The van der Waals surface area contributed by atoms with Gasteiger partial charge >= 0.3 is 23.9 Å². The second-order valence-corrected chi connectivity index (χ2v) is 11.7. The minimum Gasteiger partial charge on any atom is -0.339 e. The SMILES string of the molecule is Cc1nc(S(=O)(=O)Nc2ccc3cc2CCc2cccc(c2)Nc2ncc(Cl)c(n2)N3)cn1C.O=C(C(=O)C(F)(F)F)C(F)(F)F. The highest BCUT2D eigenvalue weighted by Gasteiger charge is 2.54. The molecule has 0 spiro atoms. The molecule has 0 unspecified atom stereocenters. The van der Waals surface area contributed by atoms with Gasteiger partial charge in [0.15, 0.2) is 10.8 Å². The Balaban J connectivity index is 0.000000342. The summed E-state index contributed by atoms with van der Waals surface area (Å²) >= 11 is 6.32. The fourth-order valence-corrected chi connectivity index (χ4v) is 5.23. The maximum absolute atomic E-state index is 13.0. The number of imidazole rings is 1. The van der Waals surface area contributed by atoms with Gasteiger partial charge in [-0.3, -0.25) is 14.3 Å². The largest absolute Gasteiger partial charge is 0.458 e. The number of hydrogen-bond acceptors (Lipinski definition) is 9. The maximum atomic E-state index is 13.0. The Morgan fingerprint density at radius 3 is 2.20 bits per heavy atom. The number of alkyl halides is 6. The summed E-state index contributed by atoms with van der Waals surface area (Å²) in [5, 5.41) is 6.76. The summed E-state index contributed by atoms with van der Waals surface area (Å²) in [7, 11) is -2.09. The van der Waals surface area contributed by atoms with Crippen molar-refractivity contribution in [1.82, 2.24) is 19.5 Å². The van der Waals surface area contributed by atoms with Crippen molar-refractivity contribution in [3.05, 3.63) is 76.8 Å². The molecule has 19 heteroatoms. The molecule has 6 bridgehead atoms. The van der Waals surface area contributed by atoms with E-state index in [1.807, 2.05) is 30.3 Å². The van der Waals surface area contributed by atoms with Crippen LogP contribution in [0, 0.1) is 6.92 Å². The van der Waals surface area contributed by atoms with Crippen molar-refractivity contribution < 1.29 is 44.3 Å². The van der Waals surface area contributed by atoms with Crippen LogP contribution in [0.15, 0.2) is 59.9 Å². The first-order chi connectivity index (χ1) is 21.3. The number of aryl methyl sites for hydroxylation is 4. The fourth-order valence-electron chi connectivity index (χ4n) is 3.95. The zero-order valence-electron chi connectivity index (χ0n) is 23.6. The number of nitrogens with one attached hydrogen (secondary N) is 3. The van der Waals surface area contributed by atoms with Crippen molar-refractivity contribution in [2.24, 2.45) is 7.05 Å². The molecule has 46 heavy (non-hydrogen) atoms. The number of carbonyl (C=O) groups excluding carboxylic acids is 2. The molecular weight excluding hydrogens is 668 g/mol. The minimum atomic E-state index is -5.77. The minimum absolute atomic E-state index is 0.0226. The van der Waals surface area contributed by atoms with Crippen LogP contribution in [0.3, 0.4) is 0 Å². The third kappa shape index (κ3) is 8.30. The van der Waals surface area contributed by atoms with E-state index >= 15 is 0 Å². The van der Waals surface area contributed by atoms with Crippen LogP contribution < -0.4 is 15.4 Å². The summed E-state index contributed by atoms with van der Waals surface area (Å²) in [6.45, 7) is 1.75. The summed E-state index contributed by atoms with van der Waals surface area (Å²) in [6, 6.07) is 13.3. The molecule has 4 aromatic rings. The van der Waals surface area contributed by atoms with Crippen LogP contribution in [-0.2, 0) is 39.5 Å². The van der Waals surface area contributed by atoms with Crippen LogP contribution in [-0.4, -0.2) is 51.9 Å². The fraction of sp³-hybridized carbons (Fsp3) is 0.222. The normalized spacial score (nSPS) is 13.0. The topological polar surface area (TPSA) is 148 Å². The first-order valence-electron chi connectivity index (χ1n) is 12.9. The molecule has 0 saturated carbocycles. The Labute approximate surface area is 262 Å². The molecule has 0 fully saturated rings. The van der Waals surface area contributed by atoms with E-state index in [2.05, 4.69) is 30.3 Å². The van der Waals surface area contributed by atoms with Crippen molar-refractivity contribution in [2.45, 2.75) is 37.1 Å². The van der Waals surface area contributed by atoms with E-state index in [0.717, 1.165) is 22.5 Å². The van der Waals surface area contributed by atoms with Crippen LogP contribution in [0.25, 0.3) is 0 Å². The predicted molar refractivity (Wildman–Crippen MR) is 155 cm³/mol. The van der Waals surface area contributed by atoms with Gasteiger partial charge in [-0.15, -0.1) is 0 Å². The molecule has 1 aliphatic rings. The number of rotatable bonds is 4. The van der Waals surface area contributed by atoms with Crippen molar-refractivity contribution in [2.75, 3.05) is 15.4 Å². The zero-order valence-corrected chi connectivity index (χ0v) is 25.2. The number of anilines is 5. The molecule has 1 aliphatic heterocycles. The average molecular weight is 690 g/mol. The first kappa shape index (κ1) is 34.2. The molecule has 0 aliphatic carbocycles. The molecule has 0 atom stereocenters. The number of aromatic nitrogens is 4. The van der Waals surface area contributed by atoms with E-state index < -0.39 is 33.9 Å². The third-order valence-electron chi connectivity index (χ3n) is 6.31. The number of Topliss-reactive ketones (excluding diaryl/α,β-unsaturated/α-hetero) is 2. The monoisotopic (exact) mass is 689 g/mol. The maximum Gasteiger partial charge on any atom is 0.458 e. The van der Waals surface area contributed by atoms with Gasteiger partial charge in [-0.1, -0.05) is 23.7 Å². The third-order valence-corrected chi connectivity index (χ3v) is 7.82. The van der Waals surface area contributed by atoms with Gasteiger partial charge in [0, 0.05) is 24.6 Å².